The van der Waals surface area contributed by atoms with Gasteiger partial charge in [0.1, 0.15) is 6.54 Å². The largest absolute Gasteiger partial charge is 0.481 e. The second-order valence-electron chi connectivity index (χ2n) is 13.9. The van der Waals surface area contributed by atoms with Crippen LogP contribution in [0.25, 0.3) is 0 Å². The van der Waals surface area contributed by atoms with Crippen molar-refractivity contribution in [2.24, 2.45) is 5.92 Å². The lowest BCUT2D eigenvalue weighted by molar-refractivity contribution is -0.884. The lowest BCUT2D eigenvalue weighted by atomic mass is 9.84. The van der Waals surface area contributed by atoms with Crippen LogP contribution >= 0.6 is 0 Å². The molecule has 4 amide bonds. The third-order valence-electron chi connectivity index (χ3n) is 9.33. The molecule has 2 saturated heterocycles. The molecular weight excluding hydrogens is 602 g/mol. The van der Waals surface area contributed by atoms with Gasteiger partial charge in [0.05, 0.1) is 33.6 Å². The molecule has 2 fully saturated rings. The first-order valence-corrected chi connectivity index (χ1v) is 16.5. The molecule has 3 heterocycles. The molecule has 0 saturated carbocycles. The van der Waals surface area contributed by atoms with Crippen molar-refractivity contribution in [3.8, 4) is 11.5 Å². The minimum Gasteiger partial charge on any atom is -0.481 e. The molecule has 5 rings (SSSR count). The van der Waals surface area contributed by atoms with E-state index < -0.39 is 23.8 Å². The van der Waals surface area contributed by atoms with E-state index in [2.05, 4.69) is 40.2 Å². The molecule has 12 nitrogen and oxygen atoms in total. The summed E-state index contributed by atoms with van der Waals surface area (Å²) in [5.74, 6) is -1.35. The third-order valence-corrected chi connectivity index (χ3v) is 9.33. The first-order valence-electron chi connectivity index (χ1n) is 16.5. The number of carbonyl (C=O) groups is 4. The molecule has 0 bridgehead atoms. The molecule has 47 heavy (non-hydrogen) atoms. The fourth-order valence-corrected chi connectivity index (χ4v) is 6.99. The Morgan fingerprint density at radius 1 is 1.06 bits per heavy atom. The number of hydrogen-bond acceptors (Lipinski definition) is 7. The van der Waals surface area contributed by atoms with Gasteiger partial charge in [-0.1, -0.05) is 31.5 Å². The van der Waals surface area contributed by atoms with Gasteiger partial charge < -0.3 is 28.9 Å². The van der Waals surface area contributed by atoms with Crippen LogP contribution in [-0.2, 0) is 20.9 Å². The number of aliphatic carboxylic acids is 1. The average molecular weight is 651 g/mol. The van der Waals surface area contributed by atoms with Gasteiger partial charge in [0.15, 0.2) is 11.5 Å². The van der Waals surface area contributed by atoms with E-state index in [4.69, 9.17) is 9.47 Å². The number of unbranched alkanes of at least 4 members (excludes halogenated alkanes) is 1. The van der Waals surface area contributed by atoms with Gasteiger partial charge in [-0.05, 0) is 42.7 Å². The summed E-state index contributed by atoms with van der Waals surface area (Å²) in [6.07, 6.45) is 2.31. The van der Waals surface area contributed by atoms with E-state index in [1.807, 2.05) is 34.1 Å². The first kappa shape index (κ1) is 34.2. The van der Waals surface area contributed by atoms with Crippen LogP contribution in [0.3, 0.4) is 0 Å². The average Bonchev–Trinajstić information content (AvgIpc) is 3.63. The highest BCUT2D eigenvalue weighted by molar-refractivity contribution is 5.96. The number of quaternary nitrogens is 1. The zero-order valence-corrected chi connectivity index (χ0v) is 28.2. The lowest BCUT2D eigenvalue weighted by Crippen LogP contribution is -2.52. The van der Waals surface area contributed by atoms with Gasteiger partial charge in [-0.15, -0.1) is 0 Å². The van der Waals surface area contributed by atoms with E-state index in [9.17, 15) is 24.3 Å². The molecule has 12 heteroatoms. The fraction of sp³-hybridized carbons (Fsp3) is 0.543. The molecule has 1 N–H and O–H groups in total. The van der Waals surface area contributed by atoms with Crippen molar-refractivity contribution in [3.05, 3.63) is 53.6 Å². The Morgan fingerprint density at radius 3 is 2.55 bits per heavy atom. The highest BCUT2D eigenvalue weighted by Gasteiger charge is 2.48. The van der Waals surface area contributed by atoms with Crippen molar-refractivity contribution in [2.45, 2.75) is 51.1 Å². The van der Waals surface area contributed by atoms with Crippen LogP contribution < -0.4 is 14.4 Å². The van der Waals surface area contributed by atoms with E-state index in [1.165, 1.54) is 7.05 Å². The number of carboxylic acid groups (broad SMARTS) is 1. The summed E-state index contributed by atoms with van der Waals surface area (Å²) in [7, 11) is 7.85. The highest BCUT2D eigenvalue weighted by Crippen LogP contribution is 2.43. The van der Waals surface area contributed by atoms with E-state index >= 15 is 0 Å². The van der Waals surface area contributed by atoms with Gasteiger partial charge in [0.2, 0.25) is 18.6 Å². The van der Waals surface area contributed by atoms with Gasteiger partial charge >= 0.3 is 12.0 Å². The Hall–Kier alpha value is -4.16. The van der Waals surface area contributed by atoms with Crippen molar-refractivity contribution < 1.29 is 38.2 Å². The number of fused-ring (bicyclic) bond motifs is 1. The number of carboxylic acids is 1. The highest BCUT2D eigenvalue weighted by atomic mass is 16.7. The molecule has 0 spiro atoms. The Bertz CT molecular complexity index is 1490. The summed E-state index contributed by atoms with van der Waals surface area (Å²) in [4.78, 5) is 58.7. The normalized spacial score (nSPS) is 21.4. The number of ether oxygens (including phenoxy) is 2. The number of imide groups is 1. The maximum Gasteiger partial charge on any atom is 0.326 e. The summed E-state index contributed by atoms with van der Waals surface area (Å²) in [5, 5.41) is 10.6. The molecule has 2 aromatic rings. The van der Waals surface area contributed by atoms with Crippen molar-refractivity contribution in [2.75, 3.05) is 72.6 Å². The Balaban J connectivity index is 1.43. The van der Waals surface area contributed by atoms with Gasteiger partial charge in [0.25, 0.3) is 0 Å². The minimum atomic E-state index is -0.958. The molecule has 3 aliphatic rings. The summed E-state index contributed by atoms with van der Waals surface area (Å²) in [6.45, 7) is 4.51. The second-order valence-corrected chi connectivity index (χ2v) is 13.9. The number of amides is 4. The second kappa shape index (κ2) is 14.3. The summed E-state index contributed by atoms with van der Waals surface area (Å²) in [5.41, 5.74) is 2.77. The summed E-state index contributed by atoms with van der Waals surface area (Å²) < 4.78 is 11.8. The Kier molecular flexibility index (Phi) is 10.4. The summed E-state index contributed by atoms with van der Waals surface area (Å²) >= 11 is 0. The Morgan fingerprint density at radius 2 is 1.83 bits per heavy atom. The molecule has 3 atom stereocenters. The lowest BCUT2D eigenvalue weighted by Gasteiger charge is -2.34. The van der Waals surface area contributed by atoms with Crippen molar-refractivity contribution >= 4 is 29.5 Å². The summed E-state index contributed by atoms with van der Waals surface area (Å²) in [6, 6.07) is 12.7. The van der Waals surface area contributed by atoms with E-state index in [0.717, 1.165) is 45.6 Å². The van der Waals surface area contributed by atoms with Gasteiger partial charge in [-0.25, -0.2) is 4.79 Å². The fourth-order valence-electron chi connectivity index (χ4n) is 6.99. The molecule has 2 aromatic carbocycles. The molecule has 3 aliphatic heterocycles. The first-order chi connectivity index (χ1) is 22.4. The van der Waals surface area contributed by atoms with Gasteiger partial charge in [0, 0.05) is 62.9 Å². The number of carbonyl (C=O) groups excluding carboxylic acids is 3. The van der Waals surface area contributed by atoms with Crippen molar-refractivity contribution in [1.82, 2.24) is 14.7 Å². The number of hydrogen-bond donors (Lipinski definition) is 1. The van der Waals surface area contributed by atoms with Gasteiger partial charge in [-0.3, -0.25) is 24.2 Å². The van der Waals surface area contributed by atoms with Gasteiger partial charge in [-0.2, -0.15) is 0 Å². The van der Waals surface area contributed by atoms with E-state index in [1.54, 1.807) is 11.0 Å². The zero-order chi connectivity index (χ0) is 33.9. The molecule has 0 aliphatic carbocycles. The van der Waals surface area contributed by atoms with Crippen LogP contribution in [0.4, 0.5) is 10.5 Å². The van der Waals surface area contributed by atoms with E-state index in [-0.39, 0.29) is 50.7 Å². The van der Waals surface area contributed by atoms with Crippen molar-refractivity contribution in [1.29, 1.82) is 0 Å². The topological polar surface area (TPSA) is 120 Å². The third kappa shape index (κ3) is 7.87. The smallest absolute Gasteiger partial charge is 0.326 e. The number of nitrogens with zero attached hydrogens (tertiary/aromatic N) is 5. The molecule has 1 unspecified atom stereocenters. The maximum atomic E-state index is 14.2. The van der Waals surface area contributed by atoms with Crippen LogP contribution in [0.1, 0.15) is 49.7 Å². The standard InChI is InChI=1S/C35H47N5O7/c1-6-7-15-39(26-10-8-9-24(18-26)22-40(3,4)5)32(42)21-38-20-27(25-11-12-29-30(19-25)47-23-46-29)33(34(43)44)28(38)13-16-37-17-14-31(41)36(2)35(37)45/h8-12,18-19,27-28,33H,6-7,13-17,20-23H2,1-5H3/p+1/t27-,28+,33?/m1/s1. The van der Waals surface area contributed by atoms with Crippen LogP contribution in [-0.4, -0.2) is 122 Å². The number of anilines is 1. The quantitative estimate of drug-likeness (QED) is 0.327. The maximum absolute atomic E-state index is 14.2. The minimum absolute atomic E-state index is 0.0328. The van der Waals surface area contributed by atoms with Crippen LogP contribution in [0.5, 0.6) is 11.5 Å². The number of likely N-dealkylation sites (tertiary alicyclic amines) is 1. The van der Waals surface area contributed by atoms with E-state index in [0.29, 0.717) is 31.0 Å². The molecule has 0 aromatic heterocycles. The zero-order valence-electron chi connectivity index (χ0n) is 28.2. The van der Waals surface area contributed by atoms with Crippen LogP contribution in [0, 0.1) is 5.92 Å². The molecule has 0 radical (unpaired) electrons. The number of rotatable bonds is 13. The van der Waals surface area contributed by atoms with Crippen LogP contribution in [0.15, 0.2) is 42.5 Å². The number of benzene rings is 2. The number of urea groups is 1. The monoisotopic (exact) mass is 650 g/mol. The Labute approximate surface area is 277 Å². The predicted octanol–water partition coefficient (Wildman–Crippen LogP) is 3.60. The van der Waals surface area contributed by atoms with Crippen LogP contribution in [0.2, 0.25) is 0 Å². The molecular formula is C35H48N5O7+. The van der Waals surface area contributed by atoms with Crippen molar-refractivity contribution in [3.63, 3.8) is 0 Å². The molecule has 254 valence electrons. The SMILES string of the molecule is CCCCN(C(=O)CN1C[C@H](c2ccc3c(c2)OCO3)C(C(=O)O)[C@@H]1CCN1CCC(=O)N(C)C1=O)c1cccc(C[N+](C)(C)C)c1. The predicted molar refractivity (Wildman–Crippen MR) is 176 cm³/mol.